The maximum Gasteiger partial charge on any atom is 0.227 e. The summed E-state index contributed by atoms with van der Waals surface area (Å²) in [5, 5.41) is 3.06. The maximum absolute atomic E-state index is 5.51. The molecule has 3 N–H and O–H groups in total. The van der Waals surface area contributed by atoms with Gasteiger partial charge in [0, 0.05) is 18.9 Å². The molecular weight excluding hydrogens is 204 g/mol. The second-order valence-corrected chi connectivity index (χ2v) is 3.28. The van der Waals surface area contributed by atoms with E-state index in [1.54, 1.807) is 19.3 Å². The number of rotatable bonds is 3. The van der Waals surface area contributed by atoms with Crippen molar-refractivity contribution in [1.29, 1.82) is 0 Å². The Morgan fingerprint density at radius 1 is 1.31 bits per heavy atom. The summed E-state index contributed by atoms with van der Waals surface area (Å²) in [5.41, 5.74) is 6.57. The summed E-state index contributed by atoms with van der Waals surface area (Å²) in [5.74, 6) is 1.30. The molecule has 0 radical (unpaired) electrons. The van der Waals surface area contributed by atoms with Crippen LogP contribution in [0.3, 0.4) is 0 Å². The van der Waals surface area contributed by atoms with Crippen molar-refractivity contribution in [2.75, 3.05) is 11.1 Å². The molecule has 0 aliphatic carbocycles. The van der Waals surface area contributed by atoms with E-state index in [4.69, 9.17) is 5.73 Å². The Labute approximate surface area is 93.0 Å². The Hall–Kier alpha value is -2.24. The molecule has 2 rings (SSSR count). The molecule has 2 aromatic rings. The number of hydrogen-bond acceptors (Lipinski definition) is 6. The molecule has 2 aromatic heterocycles. The first-order valence-electron chi connectivity index (χ1n) is 4.85. The highest BCUT2D eigenvalue weighted by Gasteiger charge is 2.00. The quantitative estimate of drug-likeness (QED) is 0.787. The van der Waals surface area contributed by atoms with Crippen LogP contribution in [0, 0.1) is 6.92 Å². The summed E-state index contributed by atoms with van der Waals surface area (Å²) in [6.45, 7) is 2.38. The SMILES string of the molecule is Cc1nc(N)nc(NCc2cccnc2)n1. The molecule has 0 aliphatic rings. The Morgan fingerprint density at radius 2 is 2.19 bits per heavy atom. The molecule has 0 atom stereocenters. The molecule has 16 heavy (non-hydrogen) atoms. The van der Waals surface area contributed by atoms with E-state index in [0.717, 1.165) is 5.56 Å². The van der Waals surface area contributed by atoms with Gasteiger partial charge in [-0.05, 0) is 18.6 Å². The third-order valence-corrected chi connectivity index (χ3v) is 1.94. The fourth-order valence-electron chi connectivity index (χ4n) is 1.27. The van der Waals surface area contributed by atoms with Crippen LogP contribution in [0.25, 0.3) is 0 Å². The molecule has 0 bridgehead atoms. The van der Waals surface area contributed by atoms with Gasteiger partial charge < -0.3 is 11.1 Å². The topological polar surface area (TPSA) is 89.6 Å². The standard InChI is InChI=1S/C10H12N6/c1-7-14-9(11)16-10(15-7)13-6-8-3-2-4-12-5-8/h2-5H,6H2,1H3,(H3,11,13,14,15,16). The van der Waals surface area contributed by atoms with Gasteiger partial charge in [-0.25, -0.2) is 0 Å². The Balaban J connectivity index is 2.05. The predicted octanol–water partition coefficient (Wildman–Crippen LogP) is 0.769. The number of nitrogens with zero attached hydrogens (tertiary/aromatic N) is 4. The second-order valence-electron chi connectivity index (χ2n) is 3.28. The first kappa shape index (κ1) is 10.3. The molecule has 0 fully saturated rings. The van der Waals surface area contributed by atoms with Crippen molar-refractivity contribution < 1.29 is 0 Å². The lowest BCUT2D eigenvalue weighted by Gasteiger charge is -2.05. The van der Waals surface area contributed by atoms with E-state index < -0.39 is 0 Å². The van der Waals surface area contributed by atoms with Crippen molar-refractivity contribution in [1.82, 2.24) is 19.9 Å². The van der Waals surface area contributed by atoms with E-state index >= 15 is 0 Å². The van der Waals surface area contributed by atoms with Gasteiger partial charge in [0.15, 0.2) is 0 Å². The molecule has 0 unspecified atom stereocenters. The minimum absolute atomic E-state index is 0.223. The van der Waals surface area contributed by atoms with Crippen molar-refractivity contribution in [2.24, 2.45) is 0 Å². The summed E-state index contributed by atoms with van der Waals surface area (Å²) in [6.07, 6.45) is 3.51. The van der Waals surface area contributed by atoms with Crippen LogP contribution < -0.4 is 11.1 Å². The van der Waals surface area contributed by atoms with Gasteiger partial charge in [0.2, 0.25) is 11.9 Å². The van der Waals surface area contributed by atoms with Crippen LogP contribution in [0.1, 0.15) is 11.4 Å². The largest absolute Gasteiger partial charge is 0.368 e. The molecule has 6 heteroatoms. The minimum Gasteiger partial charge on any atom is -0.368 e. The fraction of sp³-hybridized carbons (Fsp3) is 0.200. The molecule has 82 valence electrons. The first-order valence-corrected chi connectivity index (χ1v) is 4.85. The van der Waals surface area contributed by atoms with Crippen LogP contribution >= 0.6 is 0 Å². The average Bonchev–Trinajstić information content (AvgIpc) is 2.27. The Kier molecular flexibility index (Phi) is 2.90. The highest BCUT2D eigenvalue weighted by molar-refractivity contribution is 5.31. The number of nitrogens with two attached hydrogens (primary N) is 1. The number of anilines is 2. The van der Waals surface area contributed by atoms with Gasteiger partial charge in [-0.3, -0.25) is 4.98 Å². The van der Waals surface area contributed by atoms with E-state index in [-0.39, 0.29) is 5.95 Å². The minimum atomic E-state index is 0.223. The van der Waals surface area contributed by atoms with Crippen LogP contribution in [-0.4, -0.2) is 19.9 Å². The fourth-order valence-corrected chi connectivity index (χ4v) is 1.27. The molecule has 0 amide bonds. The van der Waals surface area contributed by atoms with Gasteiger partial charge in [0.25, 0.3) is 0 Å². The lowest BCUT2D eigenvalue weighted by Crippen LogP contribution is -2.08. The molecule has 0 saturated heterocycles. The zero-order chi connectivity index (χ0) is 11.4. The number of aryl methyl sites for hydroxylation is 1. The lowest BCUT2D eigenvalue weighted by molar-refractivity contribution is 0.961. The maximum atomic E-state index is 5.51. The van der Waals surface area contributed by atoms with E-state index in [0.29, 0.717) is 18.3 Å². The van der Waals surface area contributed by atoms with Crippen LogP contribution in [0.15, 0.2) is 24.5 Å². The number of nitrogens with one attached hydrogen (secondary N) is 1. The monoisotopic (exact) mass is 216 g/mol. The molecule has 0 aliphatic heterocycles. The third-order valence-electron chi connectivity index (χ3n) is 1.94. The van der Waals surface area contributed by atoms with Crippen LogP contribution in [0.2, 0.25) is 0 Å². The Bertz CT molecular complexity index is 450. The summed E-state index contributed by atoms with van der Waals surface area (Å²) >= 11 is 0. The van der Waals surface area contributed by atoms with Crippen molar-refractivity contribution in [2.45, 2.75) is 13.5 Å². The van der Waals surface area contributed by atoms with E-state index in [9.17, 15) is 0 Å². The van der Waals surface area contributed by atoms with Gasteiger partial charge >= 0.3 is 0 Å². The van der Waals surface area contributed by atoms with Gasteiger partial charge in [-0.2, -0.15) is 15.0 Å². The van der Waals surface area contributed by atoms with Gasteiger partial charge in [-0.1, -0.05) is 6.07 Å². The van der Waals surface area contributed by atoms with Crippen LogP contribution in [0.4, 0.5) is 11.9 Å². The van der Waals surface area contributed by atoms with Gasteiger partial charge in [-0.15, -0.1) is 0 Å². The van der Waals surface area contributed by atoms with E-state index in [1.165, 1.54) is 0 Å². The number of pyridine rings is 1. The Morgan fingerprint density at radius 3 is 2.88 bits per heavy atom. The highest BCUT2D eigenvalue weighted by Crippen LogP contribution is 2.04. The second kappa shape index (κ2) is 4.52. The number of nitrogen functional groups attached to an aromatic ring is 1. The molecular formula is C10H12N6. The molecule has 0 saturated carbocycles. The van der Waals surface area contributed by atoms with Crippen molar-refractivity contribution in [3.05, 3.63) is 35.9 Å². The summed E-state index contributed by atoms with van der Waals surface area (Å²) in [6, 6.07) is 3.85. The van der Waals surface area contributed by atoms with Crippen molar-refractivity contribution in [3.8, 4) is 0 Å². The summed E-state index contributed by atoms with van der Waals surface area (Å²) in [4.78, 5) is 16.0. The van der Waals surface area contributed by atoms with Crippen LogP contribution in [0.5, 0.6) is 0 Å². The summed E-state index contributed by atoms with van der Waals surface area (Å²) in [7, 11) is 0. The van der Waals surface area contributed by atoms with E-state index in [2.05, 4.69) is 25.3 Å². The van der Waals surface area contributed by atoms with Crippen molar-refractivity contribution >= 4 is 11.9 Å². The molecule has 0 aromatic carbocycles. The molecule has 6 nitrogen and oxygen atoms in total. The van der Waals surface area contributed by atoms with Crippen LogP contribution in [-0.2, 0) is 6.54 Å². The predicted molar refractivity (Wildman–Crippen MR) is 60.5 cm³/mol. The molecule has 2 heterocycles. The third kappa shape index (κ3) is 2.63. The van der Waals surface area contributed by atoms with Crippen molar-refractivity contribution in [3.63, 3.8) is 0 Å². The zero-order valence-electron chi connectivity index (χ0n) is 8.88. The average molecular weight is 216 g/mol. The van der Waals surface area contributed by atoms with Gasteiger partial charge in [0.1, 0.15) is 5.82 Å². The summed E-state index contributed by atoms with van der Waals surface area (Å²) < 4.78 is 0. The first-order chi connectivity index (χ1) is 7.74. The lowest BCUT2D eigenvalue weighted by atomic mass is 10.3. The number of aromatic nitrogens is 4. The number of hydrogen-bond donors (Lipinski definition) is 2. The van der Waals surface area contributed by atoms with E-state index in [1.807, 2.05) is 12.1 Å². The zero-order valence-corrected chi connectivity index (χ0v) is 8.88. The normalized spacial score (nSPS) is 10.1. The van der Waals surface area contributed by atoms with Gasteiger partial charge in [0.05, 0.1) is 0 Å². The molecule has 0 spiro atoms. The smallest absolute Gasteiger partial charge is 0.227 e. The highest BCUT2D eigenvalue weighted by atomic mass is 15.2.